The number of sulfonamides is 1. The lowest BCUT2D eigenvalue weighted by molar-refractivity contribution is -0.147. The minimum atomic E-state index is -3.56. The SMILES string of the molecule is NS(=O)(=O)c1cccc(Br)c1.O=C(O)CC(=O)O. The number of aliphatic carboxylic acids is 2. The van der Waals surface area contributed by atoms with Crippen molar-refractivity contribution in [1.82, 2.24) is 0 Å². The third-order valence-corrected chi connectivity index (χ3v) is 2.83. The molecule has 0 aliphatic rings. The Morgan fingerprint density at radius 1 is 1.22 bits per heavy atom. The van der Waals surface area contributed by atoms with E-state index in [9.17, 15) is 18.0 Å². The zero-order valence-corrected chi connectivity index (χ0v) is 11.3. The van der Waals surface area contributed by atoms with E-state index < -0.39 is 28.4 Å². The van der Waals surface area contributed by atoms with E-state index in [4.69, 9.17) is 15.4 Å². The van der Waals surface area contributed by atoms with Gasteiger partial charge >= 0.3 is 11.9 Å². The van der Waals surface area contributed by atoms with Crippen molar-refractivity contribution >= 4 is 37.9 Å². The van der Waals surface area contributed by atoms with E-state index in [1.807, 2.05) is 0 Å². The molecule has 1 rings (SSSR count). The molecule has 0 aliphatic carbocycles. The van der Waals surface area contributed by atoms with E-state index in [0.29, 0.717) is 4.47 Å². The number of nitrogens with two attached hydrogens (primary N) is 1. The maximum atomic E-state index is 10.7. The lowest BCUT2D eigenvalue weighted by Crippen LogP contribution is -2.11. The third kappa shape index (κ3) is 7.76. The number of carboxylic acids is 2. The molecule has 1 aromatic rings. The van der Waals surface area contributed by atoms with Gasteiger partial charge in [-0.25, -0.2) is 13.6 Å². The highest BCUT2D eigenvalue weighted by Crippen LogP contribution is 2.14. The number of carbonyl (C=O) groups is 2. The molecular weight excluding hydrogens is 330 g/mol. The van der Waals surface area contributed by atoms with Gasteiger partial charge in [-0.3, -0.25) is 9.59 Å². The molecule has 9 heteroatoms. The summed E-state index contributed by atoms with van der Waals surface area (Å²) in [6.45, 7) is 0. The van der Waals surface area contributed by atoms with Gasteiger partial charge in [-0.05, 0) is 18.2 Å². The average Bonchev–Trinajstić information content (AvgIpc) is 2.14. The molecule has 0 saturated heterocycles. The minimum Gasteiger partial charge on any atom is -0.481 e. The van der Waals surface area contributed by atoms with E-state index in [1.165, 1.54) is 12.1 Å². The van der Waals surface area contributed by atoms with Gasteiger partial charge in [-0.1, -0.05) is 22.0 Å². The Morgan fingerprint density at radius 3 is 1.94 bits per heavy atom. The molecule has 0 atom stereocenters. The van der Waals surface area contributed by atoms with Crippen molar-refractivity contribution in [2.45, 2.75) is 11.3 Å². The number of halogens is 1. The van der Waals surface area contributed by atoms with Gasteiger partial charge in [0, 0.05) is 4.47 Å². The number of rotatable bonds is 3. The zero-order valence-electron chi connectivity index (χ0n) is 8.91. The van der Waals surface area contributed by atoms with Crippen LogP contribution < -0.4 is 5.14 Å². The molecule has 0 aromatic heterocycles. The van der Waals surface area contributed by atoms with Gasteiger partial charge in [0.05, 0.1) is 4.90 Å². The first-order valence-electron chi connectivity index (χ1n) is 4.35. The Morgan fingerprint density at radius 2 is 1.72 bits per heavy atom. The number of hydrogen-bond donors (Lipinski definition) is 3. The smallest absolute Gasteiger partial charge is 0.314 e. The average molecular weight is 340 g/mol. The molecule has 18 heavy (non-hydrogen) atoms. The van der Waals surface area contributed by atoms with Gasteiger partial charge in [-0.2, -0.15) is 0 Å². The van der Waals surface area contributed by atoms with Crippen molar-refractivity contribution in [2.75, 3.05) is 0 Å². The highest BCUT2D eigenvalue weighted by molar-refractivity contribution is 9.10. The van der Waals surface area contributed by atoms with Gasteiger partial charge in [0.25, 0.3) is 0 Å². The van der Waals surface area contributed by atoms with Crippen molar-refractivity contribution in [2.24, 2.45) is 5.14 Å². The molecule has 0 fully saturated rings. The van der Waals surface area contributed by atoms with Crippen LogP contribution in [-0.2, 0) is 19.6 Å². The van der Waals surface area contributed by atoms with Crippen molar-refractivity contribution in [3.05, 3.63) is 28.7 Å². The van der Waals surface area contributed by atoms with Gasteiger partial charge in [-0.15, -0.1) is 0 Å². The summed E-state index contributed by atoms with van der Waals surface area (Å²) in [5.41, 5.74) is 0. The molecule has 0 saturated carbocycles. The Kier molecular flexibility index (Phi) is 6.52. The summed E-state index contributed by atoms with van der Waals surface area (Å²) in [6, 6.07) is 6.24. The second kappa shape index (κ2) is 7.09. The molecule has 0 heterocycles. The Balaban J connectivity index is 0.000000360. The van der Waals surface area contributed by atoms with E-state index in [0.717, 1.165) is 0 Å². The first-order valence-corrected chi connectivity index (χ1v) is 6.69. The minimum absolute atomic E-state index is 0.117. The predicted octanol–water partition coefficient (Wildman–Crippen LogP) is 0.642. The lowest BCUT2D eigenvalue weighted by Gasteiger charge is -1.96. The molecule has 7 nitrogen and oxygen atoms in total. The van der Waals surface area contributed by atoms with Gasteiger partial charge in [0.15, 0.2) is 0 Å². The second-order valence-electron chi connectivity index (χ2n) is 2.97. The highest BCUT2D eigenvalue weighted by atomic mass is 79.9. The van der Waals surface area contributed by atoms with Gasteiger partial charge in [0.2, 0.25) is 10.0 Å². The van der Waals surface area contributed by atoms with Crippen LogP contribution in [0.1, 0.15) is 6.42 Å². The number of primary sulfonamides is 1. The molecule has 0 unspecified atom stereocenters. The van der Waals surface area contributed by atoms with Crippen LogP contribution in [-0.4, -0.2) is 30.6 Å². The third-order valence-electron chi connectivity index (χ3n) is 1.43. The van der Waals surface area contributed by atoms with E-state index in [-0.39, 0.29) is 4.90 Å². The molecule has 100 valence electrons. The summed E-state index contributed by atoms with van der Waals surface area (Å²) in [4.78, 5) is 19.0. The van der Waals surface area contributed by atoms with Gasteiger partial charge in [0.1, 0.15) is 6.42 Å². The quantitative estimate of drug-likeness (QED) is 0.691. The van der Waals surface area contributed by atoms with Crippen LogP contribution in [0, 0.1) is 0 Å². The summed E-state index contributed by atoms with van der Waals surface area (Å²) in [6.07, 6.45) is -0.806. The Hall–Kier alpha value is -1.45. The molecule has 0 radical (unpaired) electrons. The monoisotopic (exact) mass is 339 g/mol. The van der Waals surface area contributed by atoms with E-state index in [2.05, 4.69) is 15.9 Å². The van der Waals surface area contributed by atoms with E-state index >= 15 is 0 Å². The van der Waals surface area contributed by atoms with Crippen LogP contribution in [0.4, 0.5) is 0 Å². The Bertz CT molecular complexity index is 530. The fourth-order valence-corrected chi connectivity index (χ4v) is 1.88. The van der Waals surface area contributed by atoms with Crippen LogP contribution >= 0.6 is 15.9 Å². The van der Waals surface area contributed by atoms with Crippen molar-refractivity contribution in [3.8, 4) is 0 Å². The summed E-state index contributed by atoms with van der Waals surface area (Å²) < 4.78 is 22.2. The summed E-state index contributed by atoms with van der Waals surface area (Å²) in [7, 11) is -3.56. The highest BCUT2D eigenvalue weighted by Gasteiger charge is 2.06. The van der Waals surface area contributed by atoms with Crippen LogP contribution in [0.25, 0.3) is 0 Å². The standard InChI is InChI=1S/C6H6BrNO2S.C3H4O4/c7-5-2-1-3-6(4-5)11(8,9)10;4-2(5)1-3(6)7/h1-4H,(H2,8,9,10);1H2,(H,4,5)(H,6,7). The maximum Gasteiger partial charge on any atom is 0.314 e. The molecule has 4 N–H and O–H groups in total. The van der Waals surface area contributed by atoms with Crippen molar-refractivity contribution in [3.63, 3.8) is 0 Å². The van der Waals surface area contributed by atoms with Crippen LogP contribution in [0.15, 0.2) is 33.6 Å². The fraction of sp³-hybridized carbons (Fsp3) is 0.111. The normalized spacial score (nSPS) is 10.1. The van der Waals surface area contributed by atoms with E-state index in [1.54, 1.807) is 12.1 Å². The van der Waals surface area contributed by atoms with Crippen molar-refractivity contribution < 1.29 is 28.2 Å². The predicted molar refractivity (Wildman–Crippen MR) is 65.4 cm³/mol. The zero-order chi connectivity index (χ0) is 14.3. The lowest BCUT2D eigenvalue weighted by atomic mass is 10.4. The molecule has 0 aliphatic heterocycles. The van der Waals surface area contributed by atoms with Crippen LogP contribution in [0.2, 0.25) is 0 Å². The number of carboxylic acid groups (broad SMARTS) is 2. The van der Waals surface area contributed by atoms with Crippen LogP contribution in [0.3, 0.4) is 0 Å². The molecule has 0 amide bonds. The molecule has 0 spiro atoms. The first-order chi connectivity index (χ1) is 8.12. The van der Waals surface area contributed by atoms with Gasteiger partial charge < -0.3 is 10.2 Å². The van der Waals surface area contributed by atoms with Crippen LogP contribution in [0.5, 0.6) is 0 Å². The Labute approximate surface area is 111 Å². The topological polar surface area (TPSA) is 135 Å². The largest absolute Gasteiger partial charge is 0.481 e. The fourth-order valence-electron chi connectivity index (χ4n) is 0.773. The maximum absolute atomic E-state index is 10.7. The first kappa shape index (κ1) is 16.6. The molecule has 0 bridgehead atoms. The summed E-state index contributed by atoms with van der Waals surface area (Å²) >= 11 is 3.13. The number of benzene rings is 1. The van der Waals surface area contributed by atoms with Crippen molar-refractivity contribution in [1.29, 1.82) is 0 Å². The summed E-state index contributed by atoms with van der Waals surface area (Å²) in [5.74, 6) is -2.62. The number of hydrogen-bond acceptors (Lipinski definition) is 4. The second-order valence-corrected chi connectivity index (χ2v) is 5.44. The summed E-state index contributed by atoms with van der Waals surface area (Å²) in [5, 5.41) is 20.3. The molecular formula is C9H10BrNO6S. The molecule has 1 aromatic carbocycles.